The largest absolute Gasteiger partial charge is 0.573 e. The number of hydrogen-bond acceptors (Lipinski definition) is 2. The second kappa shape index (κ2) is 5.82. The molecule has 0 spiro atoms. The third kappa shape index (κ3) is 5.11. The molecule has 1 aromatic carbocycles. The molecule has 1 fully saturated rings. The van der Waals surface area contributed by atoms with Crippen LogP contribution in [0.2, 0.25) is 0 Å². The Kier molecular flexibility index (Phi) is 4.34. The van der Waals surface area contributed by atoms with Gasteiger partial charge in [0.15, 0.2) is 0 Å². The van der Waals surface area contributed by atoms with Crippen LogP contribution in [0, 0.1) is 5.92 Å². The molecule has 0 bridgehead atoms. The Balaban J connectivity index is 1.93. The summed E-state index contributed by atoms with van der Waals surface area (Å²) >= 11 is 0. The first kappa shape index (κ1) is 14.2. The molecule has 0 aromatic heterocycles. The topological polar surface area (TPSA) is 21.3 Å². The van der Waals surface area contributed by atoms with E-state index in [-0.39, 0.29) is 11.7 Å². The molecule has 0 saturated heterocycles. The minimum atomic E-state index is -4.63. The predicted molar refractivity (Wildman–Crippen MR) is 67.0 cm³/mol. The average molecular weight is 273 g/mol. The summed E-state index contributed by atoms with van der Waals surface area (Å²) in [6.45, 7) is 2.85. The summed E-state index contributed by atoms with van der Waals surface area (Å²) in [6.07, 6.45) is -1.64. The highest BCUT2D eigenvalue weighted by atomic mass is 19.4. The molecule has 0 radical (unpaired) electrons. The first-order valence-corrected chi connectivity index (χ1v) is 6.51. The Labute approximate surface area is 111 Å². The van der Waals surface area contributed by atoms with Crippen molar-refractivity contribution in [3.63, 3.8) is 0 Å². The van der Waals surface area contributed by atoms with Gasteiger partial charge >= 0.3 is 6.36 Å². The van der Waals surface area contributed by atoms with Gasteiger partial charge in [-0.1, -0.05) is 25.1 Å². The number of alkyl halides is 3. The Morgan fingerprint density at radius 3 is 2.63 bits per heavy atom. The van der Waals surface area contributed by atoms with Gasteiger partial charge < -0.3 is 10.1 Å². The molecule has 19 heavy (non-hydrogen) atoms. The zero-order valence-electron chi connectivity index (χ0n) is 10.8. The second-order valence-corrected chi connectivity index (χ2v) is 5.15. The minimum Gasteiger partial charge on any atom is -0.406 e. The Bertz CT molecular complexity index is 415. The number of benzene rings is 1. The molecule has 2 nitrogen and oxygen atoms in total. The summed E-state index contributed by atoms with van der Waals surface area (Å²) in [5, 5.41) is 3.38. The molecule has 1 atom stereocenters. The lowest BCUT2D eigenvalue weighted by Crippen LogP contribution is -2.24. The van der Waals surface area contributed by atoms with Crippen LogP contribution < -0.4 is 10.1 Å². The molecular formula is C14H18F3NO. The van der Waals surface area contributed by atoms with E-state index in [1.165, 1.54) is 18.9 Å². The van der Waals surface area contributed by atoms with Gasteiger partial charge in [-0.25, -0.2) is 0 Å². The first-order valence-electron chi connectivity index (χ1n) is 6.51. The van der Waals surface area contributed by atoms with Gasteiger partial charge in [-0.2, -0.15) is 0 Å². The van der Waals surface area contributed by atoms with Crippen molar-refractivity contribution in [3.8, 4) is 5.75 Å². The lowest BCUT2D eigenvalue weighted by atomic mass is 10.0. The summed E-state index contributed by atoms with van der Waals surface area (Å²) in [4.78, 5) is 0. The molecule has 0 amide bonds. The van der Waals surface area contributed by atoms with Crippen molar-refractivity contribution in [1.29, 1.82) is 0 Å². The van der Waals surface area contributed by atoms with Crippen molar-refractivity contribution < 1.29 is 17.9 Å². The number of halogens is 3. The predicted octanol–water partition coefficient (Wildman–Crippen LogP) is 3.52. The minimum absolute atomic E-state index is 0.0896. The number of ether oxygens (including phenoxy) is 1. The highest BCUT2D eigenvalue weighted by molar-refractivity contribution is 5.33. The monoisotopic (exact) mass is 273 g/mol. The van der Waals surface area contributed by atoms with Crippen molar-refractivity contribution in [2.75, 3.05) is 6.54 Å². The number of nitrogens with one attached hydrogen (secondary N) is 1. The standard InChI is InChI=1S/C14H18F3NO/c1-10(9-18-12-6-7-12)8-11-4-2-3-5-13(11)19-14(15,16)17/h2-5,10,12,18H,6-9H2,1H3. The molecule has 1 N–H and O–H groups in total. The number of para-hydroxylation sites is 1. The molecule has 2 rings (SSSR count). The van der Waals surface area contributed by atoms with E-state index in [1.807, 2.05) is 6.92 Å². The maximum atomic E-state index is 12.3. The average Bonchev–Trinajstić information content (AvgIpc) is 3.11. The van der Waals surface area contributed by atoms with Crippen LogP contribution in [0.25, 0.3) is 0 Å². The van der Waals surface area contributed by atoms with Crippen LogP contribution in [0.4, 0.5) is 13.2 Å². The van der Waals surface area contributed by atoms with Gasteiger partial charge in [-0.05, 0) is 43.4 Å². The van der Waals surface area contributed by atoms with Crippen LogP contribution in [0.1, 0.15) is 25.3 Å². The number of hydrogen-bond donors (Lipinski definition) is 1. The van der Waals surface area contributed by atoms with Gasteiger partial charge in [-0.3, -0.25) is 0 Å². The summed E-state index contributed by atoms with van der Waals surface area (Å²) in [5.41, 5.74) is 0.602. The summed E-state index contributed by atoms with van der Waals surface area (Å²) in [5.74, 6) is 0.187. The number of rotatable bonds is 6. The van der Waals surface area contributed by atoms with E-state index in [0.717, 1.165) is 6.54 Å². The lowest BCUT2D eigenvalue weighted by Gasteiger charge is -2.16. The molecule has 1 aliphatic carbocycles. The highest BCUT2D eigenvalue weighted by Gasteiger charge is 2.32. The van der Waals surface area contributed by atoms with Crippen LogP contribution in [-0.4, -0.2) is 18.9 Å². The maximum Gasteiger partial charge on any atom is 0.573 e. The van der Waals surface area contributed by atoms with Gasteiger partial charge in [0.25, 0.3) is 0 Å². The zero-order chi connectivity index (χ0) is 13.9. The quantitative estimate of drug-likeness (QED) is 0.856. The Morgan fingerprint density at radius 1 is 1.32 bits per heavy atom. The van der Waals surface area contributed by atoms with Crippen molar-refractivity contribution in [3.05, 3.63) is 29.8 Å². The molecule has 1 unspecified atom stereocenters. The van der Waals surface area contributed by atoms with Gasteiger partial charge in [0, 0.05) is 6.04 Å². The van der Waals surface area contributed by atoms with Crippen molar-refractivity contribution >= 4 is 0 Å². The third-order valence-electron chi connectivity index (χ3n) is 3.10. The lowest BCUT2D eigenvalue weighted by molar-refractivity contribution is -0.274. The molecule has 1 aliphatic rings. The molecule has 0 heterocycles. The Hall–Kier alpha value is -1.23. The molecule has 1 saturated carbocycles. The van der Waals surface area contributed by atoms with E-state index in [1.54, 1.807) is 18.2 Å². The van der Waals surface area contributed by atoms with E-state index in [0.29, 0.717) is 18.0 Å². The summed E-state index contributed by atoms with van der Waals surface area (Å²) < 4.78 is 40.9. The van der Waals surface area contributed by atoms with Gasteiger partial charge in [0.1, 0.15) is 5.75 Å². The fraction of sp³-hybridized carbons (Fsp3) is 0.571. The van der Waals surface area contributed by atoms with E-state index in [4.69, 9.17) is 0 Å². The first-order chi connectivity index (χ1) is 8.94. The molecule has 1 aromatic rings. The van der Waals surface area contributed by atoms with Crippen LogP contribution in [-0.2, 0) is 6.42 Å². The van der Waals surface area contributed by atoms with Crippen molar-refractivity contribution in [2.45, 2.75) is 38.6 Å². The van der Waals surface area contributed by atoms with E-state index in [2.05, 4.69) is 10.1 Å². The van der Waals surface area contributed by atoms with Crippen molar-refractivity contribution in [1.82, 2.24) is 5.32 Å². The smallest absolute Gasteiger partial charge is 0.406 e. The highest BCUT2D eigenvalue weighted by Crippen LogP contribution is 2.28. The van der Waals surface area contributed by atoms with Crippen LogP contribution >= 0.6 is 0 Å². The normalized spacial score (nSPS) is 17.3. The molecular weight excluding hydrogens is 255 g/mol. The second-order valence-electron chi connectivity index (χ2n) is 5.15. The van der Waals surface area contributed by atoms with Gasteiger partial charge in [0.2, 0.25) is 0 Å². The Morgan fingerprint density at radius 2 is 2.00 bits per heavy atom. The fourth-order valence-corrected chi connectivity index (χ4v) is 2.00. The van der Waals surface area contributed by atoms with Crippen LogP contribution in [0.15, 0.2) is 24.3 Å². The molecule has 106 valence electrons. The van der Waals surface area contributed by atoms with E-state index >= 15 is 0 Å². The van der Waals surface area contributed by atoms with E-state index in [9.17, 15) is 13.2 Å². The summed E-state index contributed by atoms with van der Waals surface area (Å²) in [6, 6.07) is 6.96. The fourth-order valence-electron chi connectivity index (χ4n) is 2.00. The van der Waals surface area contributed by atoms with Gasteiger partial charge in [0.05, 0.1) is 0 Å². The molecule has 0 aliphatic heterocycles. The summed E-state index contributed by atoms with van der Waals surface area (Å²) in [7, 11) is 0. The van der Waals surface area contributed by atoms with Crippen LogP contribution in [0.3, 0.4) is 0 Å². The van der Waals surface area contributed by atoms with Crippen LogP contribution in [0.5, 0.6) is 5.75 Å². The SMILES string of the molecule is CC(CNC1CC1)Cc1ccccc1OC(F)(F)F. The zero-order valence-corrected chi connectivity index (χ0v) is 10.8. The maximum absolute atomic E-state index is 12.3. The molecule has 5 heteroatoms. The van der Waals surface area contributed by atoms with Gasteiger partial charge in [-0.15, -0.1) is 13.2 Å². The van der Waals surface area contributed by atoms with E-state index < -0.39 is 6.36 Å². The third-order valence-corrected chi connectivity index (χ3v) is 3.10. The van der Waals surface area contributed by atoms with Crippen molar-refractivity contribution in [2.24, 2.45) is 5.92 Å².